The van der Waals surface area contributed by atoms with Gasteiger partial charge in [0.2, 0.25) is 0 Å². The fraction of sp³-hybridized carbons (Fsp3) is 0.154. The largest absolute Gasteiger partial charge is 0.326 e. The number of hydrogen-bond donors (Lipinski definition) is 2. The van der Waals surface area contributed by atoms with Gasteiger partial charge in [0.25, 0.3) is 5.56 Å². The summed E-state index contributed by atoms with van der Waals surface area (Å²) in [6.07, 6.45) is 1.15. The van der Waals surface area contributed by atoms with Crippen molar-refractivity contribution in [1.29, 1.82) is 0 Å². The normalized spacial score (nSPS) is 11.5. The molecule has 0 unspecified atom stereocenters. The first-order valence-electron chi connectivity index (χ1n) is 5.64. The van der Waals surface area contributed by atoms with Crippen molar-refractivity contribution in [3.8, 4) is 11.3 Å². The maximum Gasteiger partial charge on any atom is 0.252 e. The number of aromatic nitrogens is 1. The maximum absolute atomic E-state index is 11.6. The molecule has 0 saturated carbocycles. The van der Waals surface area contributed by atoms with Crippen LogP contribution in [0.15, 0.2) is 46.1 Å². The van der Waals surface area contributed by atoms with Crippen molar-refractivity contribution in [3.05, 3.63) is 52.3 Å². The fourth-order valence-electron chi connectivity index (χ4n) is 1.71. The Labute approximate surface area is 111 Å². The molecule has 0 aliphatic rings. The lowest BCUT2D eigenvalue weighted by Crippen LogP contribution is -2.15. The van der Waals surface area contributed by atoms with Gasteiger partial charge in [-0.05, 0) is 23.8 Å². The molecular formula is C13H14N2O3S. The number of nitrogens with two attached hydrogens (primary N) is 1. The van der Waals surface area contributed by atoms with Crippen LogP contribution in [0.3, 0.4) is 0 Å². The molecule has 0 bridgehead atoms. The van der Waals surface area contributed by atoms with Crippen molar-refractivity contribution in [3.63, 3.8) is 0 Å². The third kappa shape index (κ3) is 2.91. The van der Waals surface area contributed by atoms with E-state index in [9.17, 15) is 13.2 Å². The molecule has 0 saturated heterocycles. The smallest absolute Gasteiger partial charge is 0.252 e. The molecule has 0 atom stereocenters. The summed E-state index contributed by atoms with van der Waals surface area (Å²) in [5.41, 5.74) is 7.07. The number of rotatable bonds is 3. The summed E-state index contributed by atoms with van der Waals surface area (Å²) in [5, 5.41) is 0. The first-order valence-corrected chi connectivity index (χ1v) is 7.54. The first kappa shape index (κ1) is 13.5. The standard InChI is InChI=1S/C13H14N2O3S/c1-19(17,18)11-5-2-9(3-6-11)12-7-4-10(8-14)13(16)15-12/h2-7H,8,14H2,1H3,(H,15,16). The summed E-state index contributed by atoms with van der Waals surface area (Å²) < 4.78 is 22.7. The van der Waals surface area contributed by atoms with Gasteiger partial charge in [0.15, 0.2) is 9.84 Å². The van der Waals surface area contributed by atoms with E-state index in [1.165, 1.54) is 12.1 Å². The SMILES string of the molecule is CS(=O)(=O)c1ccc(-c2ccc(CN)c(=O)[nH]2)cc1. The van der Waals surface area contributed by atoms with Crippen LogP contribution in [-0.4, -0.2) is 19.7 Å². The lowest BCUT2D eigenvalue weighted by molar-refractivity contribution is 0.602. The van der Waals surface area contributed by atoms with Gasteiger partial charge in [-0.1, -0.05) is 18.2 Å². The molecule has 2 rings (SSSR count). The zero-order valence-corrected chi connectivity index (χ0v) is 11.2. The lowest BCUT2D eigenvalue weighted by Gasteiger charge is -2.04. The van der Waals surface area contributed by atoms with Crippen molar-refractivity contribution in [2.75, 3.05) is 6.26 Å². The molecule has 19 heavy (non-hydrogen) atoms. The van der Waals surface area contributed by atoms with E-state index in [0.29, 0.717) is 11.3 Å². The number of pyridine rings is 1. The molecule has 1 heterocycles. The van der Waals surface area contributed by atoms with Gasteiger partial charge >= 0.3 is 0 Å². The van der Waals surface area contributed by atoms with E-state index >= 15 is 0 Å². The van der Waals surface area contributed by atoms with Gasteiger partial charge in [0, 0.05) is 24.1 Å². The minimum Gasteiger partial charge on any atom is -0.326 e. The van der Waals surface area contributed by atoms with Crippen LogP contribution >= 0.6 is 0 Å². The summed E-state index contributed by atoms with van der Waals surface area (Å²) in [4.78, 5) is 14.6. The van der Waals surface area contributed by atoms with Crippen LogP contribution < -0.4 is 11.3 Å². The van der Waals surface area contributed by atoms with Crippen LogP contribution in [0.4, 0.5) is 0 Å². The molecule has 100 valence electrons. The predicted molar refractivity (Wildman–Crippen MR) is 73.5 cm³/mol. The molecule has 1 aromatic heterocycles. The van der Waals surface area contributed by atoms with Crippen LogP contribution in [0.2, 0.25) is 0 Å². The molecule has 0 aliphatic heterocycles. The number of sulfone groups is 1. The van der Waals surface area contributed by atoms with E-state index in [1.54, 1.807) is 24.3 Å². The van der Waals surface area contributed by atoms with E-state index in [2.05, 4.69) is 4.98 Å². The minimum absolute atomic E-state index is 0.183. The minimum atomic E-state index is -3.21. The van der Waals surface area contributed by atoms with Crippen molar-refractivity contribution in [2.45, 2.75) is 11.4 Å². The Balaban J connectivity index is 2.43. The molecule has 0 fully saturated rings. The van der Waals surface area contributed by atoms with Crippen molar-refractivity contribution < 1.29 is 8.42 Å². The Morgan fingerprint density at radius 2 is 1.74 bits per heavy atom. The average molecular weight is 278 g/mol. The van der Waals surface area contributed by atoms with Crippen molar-refractivity contribution in [1.82, 2.24) is 4.98 Å². The Bertz CT molecular complexity index is 746. The van der Waals surface area contributed by atoms with Crippen LogP contribution in [0.25, 0.3) is 11.3 Å². The molecular weight excluding hydrogens is 264 g/mol. The summed E-state index contributed by atoms with van der Waals surface area (Å²) in [6.45, 7) is 0.183. The summed E-state index contributed by atoms with van der Waals surface area (Å²) >= 11 is 0. The summed E-state index contributed by atoms with van der Waals surface area (Å²) in [5.74, 6) is 0. The highest BCUT2D eigenvalue weighted by molar-refractivity contribution is 7.90. The second kappa shape index (κ2) is 4.99. The number of H-pyrrole nitrogens is 1. The van der Waals surface area contributed by atoms with Crippen LogP contribution in [0.5, 0.6) is 0 Å². The molecule has 0 aliphatic carbocycles. The van der Waals surface area contributed by atoms with Gasteiger partial charge in [-0.15, -0.1) is 0 Å². The van der Waals surface area contributed by atoms with Gasteiger partial charge in [0.05, 0.1) is 4.90 Å². The third-order valence-electron chi connectivity index (χ3n) is 2.80. The Morgan fingerprint density at radius 3 is 2.21 bits per heavy atom. The summed E-state index contributed by atoms with van der Waals surface area (Å²) in [7, 11) is -3.21. The monoisotopic (exact) mass is 278 g/mol. The van der Waals surface area contributed by atoms with Gasteiger partial charge in [-0.3, -0.25) is 4.79 Å². The molecule has 2 aromatic rings. The molecule has 5 nitrogen and oxygen atoms in total. The van der Waals surface area contributed by atoms with Gasteiger partial charge < -0.3 is 10.7 Å². The van der Waals surface area contributed by atoms with E-state index in [4.69, 9.17) is 5.73 Å². The Kier molecular flexibility index (Phi) is 3.55. The maximum atomic E-state index is 11.6. The van der Waals surface area contributed by atoms with Gasteiger partial charge in [-0.25, -0.2) is 8.42 Å². The molecule has 0 spiro atoms. The molecule has 0 amide bonds. The van der Waals surface area contributed by atoms with E-state index in [-0.39, 0.29) is 17.0 Å². The second-order valence-corrected chi connectivity index (χ2v) is 6.24. The van der Waals surface area contributed by atoms with E-state index < -0.39 is 9.84 Å². The van der Waals surface area contributed by atoms with Crippen LogP contribution in [-0.2, 0) is 16.4 Å². The van der Waals surface area contributed by atoms with Crippen molar-refractivity contribution in [2.24, 2.45) is 5.73 Å². The Hall–Kier alpha value is -1.92. The number of nitrogens with one attached hydrogen (secondary N) is 1. The zero-order chi connectivity index (χ0) is 14.0. The van der Waals surface area contributed by atoms with E-state index in [0.717, 1.165) is 11.8 Å². The highest BCUT2D eigenvalue weighted by Gasteiger charge is 2.07. The zero-order valence-electron chi connectivity index (χ0n) is 10.4. The Morgan fingerprint density at radius 1 is 1.11 bits per heavy atom. The average Bonchev–Trinajstić information content (AvgIpc) is 2.38. The first-order chi connectivity index (χ1) is 8.91. The quantitative estimate of drug-likeness (QED) is 0.872. The van der Waals surface area contributed by atoms with Gasteiger partial charge in [-0.2, -0.15) is 0 Å². The lowest BCUT2D eigenvalue weighted by atomic mass is 10.1. The second-order valence-electron chi connectivity index (χ2n) is 4.23. The van der Waals surface area contributed by atoms with Gasteiger partial charge in [0.1, 0.15) is 0 Å². The molecule has 6 heteroatoms. The topological polar surface area (TPSA) is 93.0 Å². The van der Waals surface area contributed by atoms with Crippen molar-refractivity contribution >= 4 is 9.84 Å². The number of benzene rings is 1. The number of hydrogen-bond acceptors (Lipinski definition) is 4. The third-order valence-corrected chi connectivity index (χ3v) is 3.93. The van der Waals surface area contributed by atoms with Crippen LogP contribution in [0, 0.1) is 0 Å². The highest BCUT2D eigenvalue weighted by atomic mass is 32.2. The molecule has 3 N–H and O–H groups in total. The molecule has 0 radical (unpaired) electrons. The highest BCUT2D eigenvalue weighted by Crippen LogP contribution is 2.18. The number of aromatic amines is 1. The van der Waals surface area contributed by atoms with Crippen LogP contribution in [0.1, 0.15) is 5.56 Å². The fourth-order valence-corrected chi connectivity index (χ4v) is 2.35. The summed E-state index contributed by atoms with van der Waals surface area (Å²) in [6, 6.07) is 9.75. The molecule has 1 aromatic carbocycles. The predicted octanol–water partition coefficient (Wildman–Crippen LogP) is 0.904. The van der Waals surface area contributed by atoms with E-state index in [1.807, 2.05) is 0 Å².